The van der Waals surface area contributed by atoms with E-state index < -0.39 is 0 Å². The first-order valence-electron chi connectivity index (χ1n) is 4.88. The molecule has 0 amide bonds. The molecule has 2 N–H and O–H groups in total. The fraction of sp³-hybridized carbons (Fsp3) is 0.636. The molecule has 0 aliphatic heterocycles. The zero-order chi connectivity index (χ0) is 11.6. The smallest absolute Gasteiger partial charge is 0.0812 e. The lowest BCUT2D eigenvalue weighted by molar-refractivity contribution is -0.00248. The molecule has 0 aliphatic carbocycles. The average molecular weight is 292 g/mol. The van der Waals surface area contributed by atoms with Gasteiger partial charge in [-0.15, -0.1) is 0 Å². The van der Waals surface area contributed by atoms with Gasteiger partial charge in [-0.3, -0.25) is 0 Å². The minimum absolute atomic E-state index is 0.0170. The molecule has 4 heteroatoms. The van der Waals surface area contributed by atoms with Gasteiger partial charge in [0.25, 0.3) is 0 Å². The molecule has 0 fully saturated rings. The van der Waals surface area contributed by atoms with E-state index in [0.29, 0.717) is 0 Å². The Kier molecular flexibility index (Phi) is 4.35. The van der Waals surface area contributed by atoms with Crippen LogP contribution < -0.4 is 5.73 Å². The largest absolute Gasteiger partial charge is 0.379 e. The van der Waals surface area contributed by atoms with Crippen molar-refractivity contribution in [3.8, 4) is 0 Å². The maximum absolute atomic E-state index is 6.23. The second-order valence-electron chi connectivity index (χ2n) is 4.72. The average Bonchev–Trinajstić information content (AvgIpc) is 2.49. The standard InChI is InChI=1S/C11H18BrNOS/c1-11(2,3)10(14-4)9(13)7-5-15-6-8(7)12/h5-6,9-10H,13H2,1-4H3. The summed E-state index contributed by atoms with van der Waals surface area (Å²) in [5.74, 6) is 0. The molecule has 0 radical (unpaired) electrons. The maximum Gasteiger partial charge on any atom is 0.0812 e. The second-order valence-corrected chi connectivity index (χ2v) is 6.32. The molecule has 86 valence electrons. The number of methoxy groups -OCH3 is 1. The van der Waals surface area contributed by atoms with Crippen LogP contribution in [0.4, 0.5) is 0 Å². The van der Waals surface area contributed by atoms with E-state index in [1.54, 1.807) is 18.4 Å². The van der Waals surface area contributed by atoms with Crippen molar-refractivity contribution in [2.45, 2.75) is 32.9 Å². The van der Waals surface area contributed by atoms with Crippen molar-refractivity contribution in [1.29, 1.82) is 0 Å². The summed E-state index contributed by atoms with van der Waals surface area (Å²) in [4.78, 5) is 0. The van der Waals surface area contributed by atoms with E-state index in [9.17, 15) is 0 Å². The molecule has 0 aliphatic rings. The molecule has 1 aromatic rings. The molecule has 2 atom stereocenters. The number of hydrogen-bond donors (Lipinski definition) is 1. The third kappa shape index (κ3) is 3.03. The molecule has 0 spiro atoms. The van der Waals surface area contributed by atoms with E-state index in [1.165, 1.54) is 0 Å². The first-order valence-corrected chi connectivity index (χ1v) is 6.61. The number of ether oxygens (including phenoxy) is 1. The summed E-state index contributed by atoms with van der Waals surface area (Å²) >= 11 is 5.16. The molecule has 1 rings (SSSR count). The monoisotopic (exact) mass is 291 g/mol. The third-order valence-corrected chi connectivity index (χ3v) is 4.19. The van der Waals surface area contributed by atoms with Crippen molar-refractivity contribution in [3.05, 3.63) is 20.8 Å². The Labute approximate surface area is 104 Å². The van der Waals surface area contributed by atoms with Crippen molar-refractivity contribution in [2.75, 3.05) is 7.11 Å². The van der Waals surface area contributed by atoms with Crippen LogP contribution in [-0.2, 0) is 4.74 Å². The van der Waals surface area contributed by atoms with E-state index in [4.69, 9.17) is 10.5 Å². The molecule has 1 heterocycles. The first-order chi connectivity index (χ1) is 6.88. The fourth-order valence-electron chi connectivity index (χ4n) is 1.73. The highest BCUT2D eigenvalue weighted by Gasteiger charge is 2.32. The van der Waals surface area contributed by atoms with Crippen LogP contribution in [0.5, 0.6) is 0 Å². The Morgan fingerprint density at radius 1 is 1.40 bits per heavy atom. The molecular weight excluding hydrogens is 274 g/mol. The van der Waals surface area contributed by atoms with Crippen LogP contribution in [0.1, 0.15) is 32.4 Å². The van der Waals surface area contributed by atoms with Crippen LogP contribution in [0.2, 0.25) is 0 Å². The van der Waals surface area contributed by atoms with Crippen LogP contribution in [-0.4, -0.2) is 13.2 Å². The molecule has 2 nitrogen and oxygen atoms in total. The van der Waals surface area contributed by atoms with Gasteiger partial charge >= 0.3 is 0 Å². The predicted octanol–water partition coefficient (Wildman–Crippen LogP) is 3.57. The summed E-state index contributed by atoms with van der Waals surface area (Å²) in [6, 6.07) is -0.0874. The fourth-order valence-corrected chi connectivity index (χ4v) is 3.34. The minimum atomic E-state index is -0.0874. The molecule has 0 aromatic carbocycles. The molecule has 0 saturated carbocycles. The van der Waals surface area contributed by atoms with Crippen molar-refractivity contribution in [2.24, 2.45) is 11.1 Å². The third-order valence-electron chi connectivity index (χ3n) is 2.44. The highest BCUT2D eigenvalue weighted by molar-refractivity contribution is 9.10. The van der Waals surface area contributed by atoms with Crippen LogP contribution in [0, 0.1) is 5.41 Å². The Bertz CT molecular complexity index is 319. The van der Waals surface area contributed by atoms with Gasteiger partial charge in [0.2, 0.25) is 0 Å². The summed E-state index contributed by atoms with van der Waals surface area (Å²) in [5.41, 5.74) is 7.40. The van der Waals surface area contributed by atoms with Gasteiger partial charge in [0.05, 0.1) is 12.1 Å². The zero-order valence-corrected chi connectivity index (χ0v) is 12.0. The number of hydrogen-bond acceptors (Lipinski definition) is 3. The van der Waals surface area contributed by atoms with E-state index >= 15 is 0 Å². The Morgan fingerprint density at radius 2 is 2.00 bits per heavy atom. The van der Waals surface area contributed by atoms with E-state index in [1.807, 2.05) is 5.38 Å². The summed E-state index contributed by atoms with van der Waals surface area (Å²) in [5, 5.41) is 4.12. The lowest BCUT2D eigenvalue weighted by Crippen LogP contribution is -2.38. The number of rotatable bonds is 3. The van der Waals surface area contributed by atoms with Crippen molar-refractivity contribution >= 4 is 27.3 Å². The van der Waals surface area contributed by atoms with Gasteiger partial charge in [-0.05, 0) is 32.3 Å². The van der Waals surface area contributed by atoms with E-state index in [2.05, 4.69) is 42.1 Å². The lowest BCUT2D eigenvalue weighted by Gasteiger charge is -2.34. The quantitative estimate of drug-likeness (QED) is 0.924. The van der Waals surface area contributed by atoms with Crippen molar-refractivity contribution < 1.29 is 4.74 Å². The van der Waals surface area contributed by atoms with Gasteiger partial charge in [-0.1, -0.05) is 20.8 Å². The number of thiophene rings is 1. The van der Waals surface area contributed by atoms with Gasteiger partial charge in [0, 0.05) is 17.0 Å². The van der Waals surface area contributed by atoms with Crippen molar-refractivity contribution in [3.63, 3.8) is 0 Å². The summed E-state index contributed by atoms with van der Waals surface area (Å²) in [7, 11) is 1.72. The van der Waals surface area contributed by atoms with Gasteiger partial charge in [-0.2, -0.15) is 11.3 Å². The van der Waals surface area contributed by atoms with E-state index in [0.717, 1.165) is 10.0 Å². The van der Waals surface area contributed by atoms with Gasteiger partial charge in [-0.25, -0.2) is 0 Å². The van der Waals surface area contributed by atoms with Crippen LogP contribution >= 0.6 is 27.3 Å². The first kappa shape index (κ1) is 13.2. The highest BCUT2D eigenvalue weighted by atomic mass is 79.9. The SMILES string of the molecule is COC(C(N)c1cscc1Br)C(C)(C)C. The Balaban J connectivity index is 2.92. The van der Waals surface area contributed by atoms with Crippen molar-refractivity contribution in [1.82, 2.24) is 0 Å². The zero-order valence-electron chi connectivity index (χ0n) is 9.58. The van der Waals surface area contributed by atoms with Gasteiger partial charge < -0.3 is 10.5 Å². The Morgan fingerprint density at radius 3 is 2.33 bits per heavy atom. The molecule has 0 bridgehead atoms. The molecular formula is C11H18BrNOS. The topological polar surface area (TPSA) is 35.2 Å². The van der Waals surface area contributed by atoms with Crippen LogP contribution in [0.3, 0.4) is 0 Å². The summed E-state index contributed by atoms with van der Waals surface area (Å²) in [6.07, 6.45) is 0.0170. The molecule has 2 unspecified atom stereocenters. The summed E-state index contributed by atoms with van der Waals surface area (Å²) < 4.78 is 6.59. The normalized spacial score (nSPS) is 16.4. The minimum Gasteiger partial charge on any atom is -0.379 e. The predicted molar refractivity (Wildman–Crippen MR) is 69.2 cm³/mol. The Hall–Kier alpha value is 0.100. The molecule has 1 aromatic heterocycles. The molecule has 0 saturated heterocycles. The van der Waals surface area contributed by atoms with E-state index in [-0.39, 0.29) is 17.6 Å². The summed E-state index contributed by atoms with van der Waals surface area (Å²) in [6.45, 7) is 6.42. The second kappa shape index (κ2) is 4.95. The number of nitrogens with two attached hydrogens (primary N) is 1. The van der Waals surface area contributed by atoms with Crippen LogP contribution in [0.15, 0.2) is 15.2 Å². The highest BCUT2D eigenvalue weighted by Crippen LogP contribution is 2.35. The lowest BCUT2D eigenvalue weighted by atomic mass is 9.83. The van der Waals surface area contributed by atoms with Gasteiger partial charge in [0.15, 0.2) is 0 Å². The van der Waals surface area contributed by atoms with Gasteiger partial charge in [0.1, 0.15) is 0 Å². The number of halogens is 1. The van der Waals surface area contributed by atoms with Crippen LogP contribution in [0.25, 0.3) is 0 Å². The maximum atomic E-state index is 6.23. The molecule has 15 heavy (non-hydrogen) atoms.